The number of hydrogen-bond acceptors (Lipinski definition) is 2. The van der Waals surface area contributed by atoms with Crippen molar-refractivity contribution in [3.8, 4) is 0 Å². The van der Waals surface area contributed by atoms with Gasteiger partial charge in [-0.25, -0.2) is 0 Å². The Balaban J connectivity index is 3.39. The van der Waals surface area contributed by atoms with Crippen LogP contribution in [0, 0.1) is 10.1 Å². The van der Waals surface area contributed by atoms with Crippen LogP contribution in [0.1, 0.15) is 6.42 Å². The van der Waals surface area contributed by atoms with Gasteiger partial charge in [0.15, 0.2) is 0 Å². The lowest BCUT2D eigenvalue weighted by Gasteiger charge is -1.99. The van der Waals surface area contributed by atoms with E-state index in [1.54, 1.807) is 0 Å². The zero-order valence-corrected chi connectivity index (χ0v) is 4.31. The third-order valence-corrected chi connectivity index (χ3v) is 0.578. The van der Waals surface area contributed by atoms with Crippen molar-refractivity contribution in [3.05, 3.63) is 10.1 Å². The van der Waals surface area contributed by atoms with Crippen LogP contribution in [-0.2, 0) is 0 Å². The summed E-state index contributed by atoms with van der Waals surface area (Å²) in [7, 11) is 0. The molecule has 0 bridgehead atoms. The second-order valence-corrected chi connectivity index (χ2v) is 1.42. The highest BCUT2D eigenvalue weighted by Gasteiger charge is 2.29. The first-order valence-electron chi connectivity index (χ1n) is 2.10. The molecule has 0 fully saturated rings. The Morgan fingerprint density at radius 3 is 2.00 bits per heavy atom. The molecule has 3 nitrogen and oxygen atoms in total. The molecule has 0 atom stereocenters. The van der Waals surface area contributed by atoms with Gasteiger partial charge in [-0.2, -0.15) is 13.2 Å². The van der Waals surface area contributed by atoms with Gasteiger partial charge in [-0.1, -0.05) is 0 Å². The number of nitrogens with zero attached hydrogens (tertiary/aromatic N) is 1. The van der Waals surface area contributed by atoms with E-state index in [9.17, 15) is 23.3 Å². The summed E-state index contributed by atoms with van der Waals surface area (Å²) in [5.74, 6) is 0. The van der Waals surface area contributed by atoms with E-state index in [-0.39, 0.29) is 0 Å². The van der Waals surface area contributed by atoms with E-state index in [0.717, 1.165) is 0 Å². The van der Waals surface area contributed by atoms with Crippen LogP contribution >= 0.6 is 0 Å². The largest absolute Gasteiger partial charge is 0.395 e. The van der Waals surface area contributed by atoms with Crippen LogP contribution in [0.4, 0.5) is 13.2 Å². The lowest BCUT2D eigenvalue weighted by Crippen LogP contribution is -2.14. The number of rotatable bonds is 2. The van der Waals surface area contributed by atoms with Crippen molar-refractivity contribution in [3.63, 3.8) is 0 Å². The monoisotopic (exact) mass is 143 g/mol. The minimum atomic E-state index is -4.41. The molecule has 0 aliphatic carbocycles. The molecule has 0 rings (SSSR count). The lowest BCUT2D eigenvalue weighted by molar-refractivity contribution is -0.486. The Morgan fingerprint density at radius 1 is 1.44 bits per heavy atom. The normalized spacial score (nSPS) is 11.4. The van der Waals surface area contributed by atoms with Gasteiger partial charge >= 0.3 is 6.18 Å². The van der Waals surface area contributed by atoms with Gasteiger partial charge in [0, 0.05) is 4.92 Å². The van der Waals surface area contributed by atoms with E-state index in [2.05, 4.69) is 0 Å². The summed E-state index contributed by atoms with van der Waals surface area (Å²) in [6, 6.07) is 0. The van der Waals surface area contributed by atoms with E-state index in [4.69, 9.17) is 0 Å². The maximum Gasteiger partial charge on any atom is 0.395 e. The van der Waals surface area contributed by atoms with E-state index in [1.807, 2.05) is 0 Å². The Bertz CT molecular complexity index is 110. The first-order chi connectivity index (χ1) is 3.92. The Labute approximate surface area is 48.6 Å². The summed E-state index contributed by atoms with van der Waals surface area (Å²) in [6.07, 6.45) is -5.76. The van der Waals surface area contributed by atoms with E-state index >= 15 is 0 Å². The predicted molar refractivity (Wildman–Crippen MR) is 22.5 cm³/mol. The SMILES string of the molecule is O=[N+]([O-])CCC(F)(F)F. The standard InChI is InChI=1S/C3H4F3NO2/c4-3(5,6)1-2-7(8)9/h1-2H2. The van der Waals surface area contributed by atoms with Gasteiger partial charge in [0.05, 0.1) is 0 Å². The number of halogens is 3. The third kappa shape index (κ3) is 7.19. The molecule has 0 N–H and O–H groups in total. The zero-order valence-electron chi connectivity index (χ0n) is 4.31. The molecule has 0 spiro atoms. The van der Waals surface area contributed by atoms with Crippen molar-refractivity contribution in [2.45, 2.75) is 12.6 Å². The van der Waals surface area contributed by atoms with Crippen LogP contribution in [0.3, 0.4) is 0 Å². The van der Waals surface area contributed by atoms with Crippen LogP contribution in [0.25, 0.3) is 0 Å². The number of nitro groups is 1. The molecule has 0 unspecified atom stereocenters. The second kappa shape index (κ2) is 2.65. The fourth-order valence-corrected chi connectivity index (χ4v) is 0.218. The van der Waals surface area contributed by atoms with E-state index < -0.39 is 24.1 Å². The van der Waals surface area contributed by atoms with Crippen molar-refractivity contribution in [2.24, 2.45) is 0 Å². The Kier molecular flexibility index (Phi) is 2.41. The van der Waals surface area contributed by atoms with Gasteiger partial charge in [-0.15, -0.1) is 0 Å². The average molecular weight is 143 g/mol. The maximum atomic E-state index is 11.1. The van der Waals surface area contributed by atoms with Crippen molar-refractivity contribution in [2.75, 3.05) is 6.54 Å². The summed E-state index contributed by atoms with van der Waals surface area (Å²) in [5.41, 5.74) is 0. The smallest absolute Gasteiger partial charge is 0.265 e. The van der Waals surface area contributed by atoms with Gasteiger partial charge in [0.2, 0.25) is 6.54 Å². The molecule has 0 aliphatic rings. The highest BCUT2D eigenvalue weighted by Crippen LogP contribution is 2.18. The molecule has 0 aromatic heterocycles. The van der Waals surface area contributed by atoms with Crippen LogP contribution in [0.5, 0.6) is 0 Å². The zero-order chi connectivity index (χ0) is 7.49. The first-order valence-corrected chi connectivity index (χ1v) is 2.10. The fraction of sp³-hybridized carbons (Fsp3) is 1.00. The number of alkyl halides is 3. The summed E-state index contributed by atoms with van der Waals surface area (Å²) < 4.78 is 33.3. The molecule has 6 heteroatoms. The highest BCUT2D eigenvalue weighted by atomic mass is 19.4. The molecule has 0 saturated carbocycles. The van der Waals surface area contributed by atoms with Gasteiger partial charge in [-0.3, -0.25) is 10.1 Å². The molecular formula is C3H4F3NO2. The molecule has 0 radical (unpaired) electrons. The van der Waals surface area contributed by atoms with Crippen molar-refractivity contribution in [1.82, 2.24) is 0 Å². The summed E-state index contributed by atoms with van der Waals surface area (Å²) in [6.45, 7) is -1.04. The van der Waals surface area contributed by atoms with Crippen LogP contribution in [-0.4, -0.2) is 17.6 Å². The van der Waals surface area contributed by atoms with Crippen molar-refractivity contribution < 1.29 is 18.1 Å². The quantitative estimate of drug-likeness (QED) is 0.430. The second-order valence-electron chi connectivity index (χ2n) is 1.42. The molecule has 54 valence electrons. The Morgan fingerprint density at radius 2 is 1.89 bits per heavy atom. The Hall–Kier alpha value is -0.810. The predicted octanol–water partition coefficient (Wildman–Crippen LogP) is 1.22. The molecule has 0 aromatic carbocycles. The lowest BCUT2D eigenvalue weighted by atomic mass is 10.4. The summed E-state index contributed by atoms with van der Waals surface area (Å²) >= 11 is 0. The topological polar surface area (TPSA) is 43.1 Å². The van der Waals surface area contributed by atoms with Crippen LogP contribution in [0.2, 0.25) is 0 Å². The minimum absolute atomic E-state index is 0.993. The van der Waals surface area contributed by atoms with Crippen molar-refractivity contribution >= 4 is 0 Å². The molecule has 9 heavy (non-hydrogen) atoms. The maximum absolute atomic E-state index is 11.1. The first kappa shape index (κ1) is 8.19. The van der Waals surface area contributed by atoms with E-state index in [1.165, 1.54) is 0 Å². The molecule has 0 aromatic rings. The minimum Gasteiger partial charge on any atom is -0.265 e. The van der Waals surface area contributed by atoms with Gasteiger partial charge in [0.1, 0.15) is 6.42 Å². The molecule has 0 heterocycles. The molecule has 0 amide bonds. The fourth-order valence-electron chi connectivity index (χ4n) is 0.218. The van der Waals surface area contributed by atoms with Gasteiger partial charge in [-0.05, 0) is 0 Å². The molecule has 0 aliphatic heterocycles. The highest BCUT2D eigenvalue weighted by molar-refractivity contribution is 4.46. The van der Waals surface area contributed by atoms with Crippen LogP contribution < -0.4 is 0 Å². The van der Waals surface area contributed by atoms with Gasteiger partial charge < -0.3 is 0 Å². The summed E-state index contributed by atoms with van der Waals surface area (Å²) in [4.78, 5) is 8.36. The molecular weight excluding hydrogens is 139 g/mol. The average Bonchev–Trinajstić information content (AvgIpc) is 1.59. The molecule has 0 saturated heterocycles. The van der Waals surface area contributed by atoms with Gasteiger partial charge in [0.25, 0.3) is 0 Å². The summed E-state index contributed by atoms with van der Waals surface area (Å²) in [5, 5.41) is 9.35. The van der Waals surface area contributed by atoms with Crippen molar-refractivity contribution in [1.29, 1.82) is 0 Å². The van der Waals surface area contributed by atoms with E-state index in [0.29, 0.717) is 0 Å². The third-order valence-electron chi connectivity index (χ3n) is 0.578. The van der Waals surface area contributed by atoms with Crippen LogP contribution in [0.15, 0.2) is 0 Å². The number of hydrogen-bond donors (Lipinski definition) is 0.